The Hall–Kier alpha value is -1.95. The van der Waals surface area contributed by atoms with Crippen LogP contribution in [-0.2, 0) is 0 Å². The van der Waals surface area contributed by atoms with Gasteiger partial charge in [0.15, 0.2) is 11.5 Å². The third-order valence-electron chi connectivity index (χ3n) is 4.56. The Morgan fingerprint density at radius 3 is 2.43 bits per heavy atom. The lowest BCUT2D eigenvalue weighted by molar-refractivity contribution is 0.00877. The van der Waals surface area contributed by atoms with Crippen molar-refractivity contribution in [2.24, 2.45) is 5.73 Å². The van der Waals surface area contributed by atoms with E-state index in [1.54, 1.807) is 12.1 Å². The summed E-state index contributed by atoms with van der Waals surface area (Å²) in [5, 5.41) is 2.98. The van der Waals surface area contributed by atoms with E-state index >= 15 is 0 Å². The minimum Gasteiger partial charge on any atom is -0.454 e. The summed E-state index contributed by atoms with van der Waals surface area (Å²) in [6.45, 7) is 8.47. The van der Waals surface area contributed by atoms with Crippen molar-refractivity contribution < 1.29 is 14.3 Å². The largest absolute Gasteiger partial charge is 0.454 e. The van der Waals surface area contributed by atoms with Gasteiger partial charge in [0.25, 0.3) is 0 Å². The number of hydrogen-bond donors (Lipinski definition) is 2. The summed E-state index contributed by atoms with van der Waals surface area (Å²) in [5.74, 6) is 1.36. The Bertz CT molecular complexity index is 610. The number of carbonyl (C=O) groups is 1. The van der Waals surface area contributed by atoms with Gasteiger partial charge in [0.1, 0.15) is 0 Å². The van der Waals surface area contributed by atoms with E-state index in [1.165, 1.54) is 0 Å². The fraction of sp³-hybridized carbons (Fsp3) is 0.588. The van der Waals surface area contributed by atoms with E-state index in [2.05, 4.69) is 33.0 Å². The molecule has 0 atom stereocenters. The first-order chi connectivity index (χ1) is 10.7. The van der Waals surface area contributed by atoms with Crippen molar-refractivity contribution in [2.75, 3.05) is 12.1 Å². The van der Waals surface area contributed by atoms with E-state index in [0.29, 0.717) is 17.2 Å². The molecule has 2 amide bonds. The molecule has 3 N–H and O–H groups in total. The van der Waals surface area contributed by atoms with E-state index in [4.69, 9.17) is 15.2 Å². The van der Waals surface area contributed by atoms with E-state index in [1.807, 2.05) is 11.0 Å². The summed E-state index contributed by atoms with van der Waals surface area (Å²) in [6.07, 6.45) is 1.57. The first-order valence-electron chi connectivity index (χ1n) is 7.96. The van der Waals surface area contributed by atoms with Crippen LogP contribution in [0.3, 0.4) is 0 Å². The van der Waals surface area contributed by atoms with Crippen LogP contribution in [0.15, 0.2) is 18.2 Å². The van der Waals surface area contributed by atoms with Gasteiger partial charge in [0.2, 0.25) is 6.79 Å². The molecule has 2 heterocycles. The molecule has 1 aromatic carbocycles. The lowest BCUT2D eigenvalue weighted by Crippen LogP contribution is -2.66. The number of ether oxygens (including phenoxy) is 2. The van der Waals surface area contributed by atoms with Gasteiger partial charge >= 0.3 is 6.03 Å². The van der Waals surface area contributed by atoms with Crippen LogP contribution in [0.1, 0.15) is 40.5 Å². The van der Waals surface area contributed by atoms with Crippen molar-refractivity contribution >= 4 is 11.7 Å². The molecular weight excluding hydrogens is 294 g/mol. The molecule has 0 radical (unpaired) electrons. The number of nitrogens with zero attached hydrogens (tertiary/aromatic N) is 1. The van der Waals surface area contributed by atoms with Gasteiger partial charge in [0, 0.05) is 28.9 Å². The van der Waals surface area contributed by atoms with E-state index in [-0.39, 0.29) is 29.9 Å². The Morgan fingerprint density at radius 1 is 1.17 bits per heavy atom. The molecule has 1 fully saturated rings. The maximum atomic E-state index is 12.9. The van der Waals surface area contributed by atoms with Gasteiger partial charge < -0.3 is 25.4 Å². The highest BCUT2D eigenvalue weighted by Gasteiger charge is 2.47. The van der Waals surface area contributed by atoms with E-state index < -0.39 is 0 Å². The van der Waals surface area contributed by atoms with Crippen molar-refractivity contribution in [3.8, 4) is 11.5 Å². The predicted octanol–water partition coefficient (Wildman–Crippen LogP) is 2.93. The Labute approximate surface area is 136 Å². The zero-order valence-electron chi connectivity index (χ0n) is 14.2. The molecule has 2 aliphatic heterocycles. The van der Waals surface area contributed by atoms with Gasteiger partial charge in [-0.25, -0.2) is 4.79 Å². The number of fused-ring (bicyclic) bond motifs is 1. The molecule has 126 valence electrons. The zero-order valence-corrected chi connectivity index (χ0v) is 14.2. The summed E-state index contributed by atoms with van der Waals surface area (Å²) < 4.78 is 10.7. The monoisotopic (exact) mass is 319 g/mol. The fourth-order valence-electron chi connectivity index (χ4n) is 4.06. The number of carbonyl (C=O) groups excluding carboxylic acids is 1. The second-order valence-corrected chi connectivity index (χ2v) is 7.63. The van der Waals surface area contributed by atoms with Crippen molar-refractivity contribution in [1.82, 2.24) is 4.90 Å². The van der Waals surface area contributed by atoms with Crippen LogP contribution < -0.4 is 20.5 Å². The van der Waals surface area contributed by atoms with E-state index in [0.717, 1.165) is 12.8 Å². The molecule has 0 saturated carbocycles. The van der Waals surface area contributed by atoms with Gasteiger partial charge in [-0.05, 0) is 52.7 Å². The van der Waals surface area contributed by atoms with Crippen LogP contribution in [0.25, 0.3) is 0 Å². The minimum atomic E-state index is -0.304. The maximum Gasteiger partial charge on any atom is 0.322 e. The summed E-state index contributed by atoms with van der Waals surface area (Å²) in [7, 11) is 0. The minimum absolute atomic E-state index is 0.106. The molecule has 23 heavy (non-hydrogen) atoms. The van der Waals surface area contributed by atoms with Gasteiger partial charge in [-0.3, -0.25) is 0 Å². The Balaban J connectivity index is 1.81. The van der Waals surface area contributed by atoms with Crippen molar-refractivity contribution in [1.29, 1.82) is 0 Å². The Morgan fingerprint density at radius 2 is 1.78 bits per heavy atom. The molecule has 1 saturated heterocycles. The smallest absolute Gasteiger partial charge is 0.322 e. The topological polar surface area (TPSA) is 76.8 Å². The first kappa shape index (κ1) is 15.9. The number of piperidine rings is 1. The van der Waals surface area contributed by atoms with Crippen molar-refractivity contribution in [2.45, 2.75) is 57.7 Å². The third-order valence-corrected chi connectivity index (χ3v) is 4.56. The number of nitrogens with one attached hydrogen (secondary N) is 1. The second kappa shape index (κ2) is 5.30. The zero-order chi connectivity index (χ0) is 16.8. The average molecular weight is 319 g/mol. The van der Waals surface area contributed by atoms with Crippen LogP contribution in [0.2, 0.25) is 0 Å². The van der Waals surface area contributed by atoms with Gasteiger partial charge in [-0.1, -0.05) is 0 Å². The second-order valence-electron chi connectivity index (χ2n) is 7.63. The summed E-state index contributed by atoms with van der Waals surface area (Å²) in [5.41, 5.74) is 6.26. The molecule has 0 unspecified atom stereocenters. The molecule has 1 aromatic rings. The van der Waals surface area contributed by atoms with Crippen molar-refractivity contribution in [3.05, 3.63) is 18.2 Å². The SMILES string of the molecule is CC1(C)CC(N)CC(C)(C)N1C(=O)Nc1ccc2c(c1)OCO2. The number of benzene rings is 1. The van der Waals surface area contributed by atoms with Crippen LogP contribution in [-0.4, -0.2) is 34.8 Å². The lowest BCUT2D eigenvalue weighted by atomic mass is 9.77. The summed E-state index contributed by atoms with van der Waals surface area (Å²) >= 11 is 0. The highest BCUT2D eigenvalue weighted by Crippen LogP contribution is 2.39. The van der Waals surface area contributed by atoms with Crippen molar-refractivity contribution in [3.63, 3.8) is 0 Å². The highest BCUT2D eigenvalue weighted by atomic mass is 16.7. The summed E-state index contributed by atoms with van der Waals surface area (Å²) in [6, 6.07) is 5.40. The van der Waals surface area contributed by atoms with Crippen LogP contribution in [0.4, 0.5) is 10.5 Å². The number of hydrogen-bond acceptors (Lipinski definition) is 4. The lowest BCUT2D eigenvalue weighted by Gasteiger charge is -2.54. The molecule has 2 aliphatic rings. The number of rotatable bonds is 1. The molecule has 3 rings (SSSR count). The standard InChI is InChI=1S/C17H25N3O3/c1-16(2)8-11(18)9-17(3,4)20(16)15(21)19-12-5-6-13-14(7-12)23-10-22-13/h5-7,11H,8-10,18H2,1-4H3,(H,19,21). The van der Waals surface area contributed by atoms with Gasteiger partial charge in [-0.2, -0.15) is 0 Å². The predicted molar refractivity (Wildman–Crippen MR) is 88.8 cm³/mol. The molecule has 0 spiro atoms. The van der Waals surface area contributed by atoms with Gasteiger partial charge in [0.05, 0.1) is 0 Å². The molecule has 0 aromatic heterocycles. The van der Waals surface area contributed by atoms with Gasteiger partial charge in [-0.15, -0.1) is 0 Å². The number of amides is 2. The highest BCUT2D eigenvalue weighted by molar-refractivity contribution is 5.91. The first-order valence-corrected chi connectivity index (χ1v) is 7.96. The third kappa shape index (κ3) is 2.95. The van der Waals surface area contributed by atoms with Crippen LogP contribution >= 0.6 is 0 Å². The molecule has 0 bridgehead atoms. The number of anilines is 1. The fourth-order valence-corrected chi connectivity index (χ4v) is 4.06. The molecule has 0 aliphatic carbocycles. The summed E-state index contributed by atoms with van der Waals surface area (Å²) in [4.78, 5) is 14.8. The Kier molecular flexibility index (Phi) is 3.67. The van der Waals surface area contributed by atoms with E-state index in [9.17, 15) is 4.79 Å². The number of likely N-dealkylation sites (tertiary alicyclic amines) is 1. The molecular formula is C17H25N3O3. The number of urea groups is 1. The number of nitrogens with two attached hydrogens (primary N) is 1. The molecule has 6 nitrogen and oxygen atoms in total. The van der Waals surface area contributed by atoms with Crippen LogP contribution in [0, 0.1) is 0 Å². The normalized spacial score (nSPS) is 22.0. The molecule has 6 heteroatoms. The quantitative estimate of drug-likeness (QED) is 0.834. The van der Waals surface area contributed by atoms with Crippen LogP contribution in [0.5, 0.6) is 11.5 Å². The average Bonchev–Trinajstić information content (AvgIpc) is 2.81. The maximum absolute atomic E-state index is 12.9.